The largest absolute Gasteiger partial charge is 0.494 e. The summed E-state index contributed by atoms with van der Waals surface area (Å²) in [4.78, 5) is 17.3. The molecule has 0 saturated carbocycles. The molecule has 0 aliphatic carbocycles. The maximum absolute atomic E-state index is 12.6. The van der Waals surface area contributed by atoms with E-state index >= 15 is 0 Å². The zero-order valence-electron chi connectivity index (χ0n) is 24.0. The molecule has 0 radical (unpaired) electrons. The predicted molar refractivity (Wildman–Crippen MR) is 167 cm³/mol. The molecule has 1 aliphatic heterocycles. The molecule has 1 fully saturated rings. The Kier molecular flexibility index (Phi) is 9.88. The van der Waals surface area contributed by atoms with Crippen LogP contribution in [-0.4, -0.2) is 51.7 Å². The second-order valence-electron chi connectivity index (χ2n) is 10.5. The summed E-state index contributed by atoms with van der Waals surface area (Å²) in [5.74, 6) is 5.77. The van der Waals surface area contributed by atoms with Crippen LogP contribution in [0.5, 0.6) is 5.75 Å². The number of hydrogen-bond donors (Lipinski definition) is 3. The fourth-order valence-corrected chi connectivity index (χ4v) is 5.50. The van der Waals surface area contributed by atoms with Crippen molar-refractivity contribution in [2.45, 2.75) is 38.4 Å². The molecule has 1 unspecified atom stereocenters. The van der Waals surface area contributed by atoms with E-state index < -0.39 is 15.9 Å². The molecule has 2 heterocycles. The topological polar surface area (TPSA) is 142 Å². The second kappa shape index (κ2) is 14.0. The van der Waals surface area contributed by atoms with E-state index in [0.717, 1.165) is 61.0 Å². The molecule has 4 aromatic rings. The highest BCUT2D eigenvalue weighted by Crippen LogP contribution is 2.30. The van der Waals surface area contributed by atoms with Crippen molar-refractivity contribution in [1.29, 1.82) is 0 Å². The molecule has 11 heteroatoms. The van der Waals surface area contributed by atoms with Crippen molar-refractivity contribution in [1.82, 2.24) is 10.4 Å². The van der Waals surface area contributed by atoms with Gasteiger partial charge in [-0.1, -0.05) is 36.4 Å². The highest BCUT2D eigenvalue weighted by molar-refractivity contribution is 7.92. The number of unbranched alkanes of at least 4 members (excludes halogenated alkanes) is 1. The number of anilines is 1. The van der Waals surface area contributed by atoms with Gasteiger partial charge in [0.1, 0.15) is 5.75 Å². The van der Waals surface area contributed by atoms with E-state index in [-0.39, 0.29) is 6.29 Å². The zero-order chi connectivity index (χ0) is 30.2. The van der Waals surface area contributed by atoms with E-state index in [1.54, 1.807) is 24.3 Å². The maximum Gasteiger partial charge on any atom is 0.265 e. The van der Waals surface area contributed by atoms with Crippen molar-refractivity contribution in [2.75, 3.05) is 30.8 Å². The number of ether oxygens (including phenoxy) is 3. The molecule has 3 aromatic carbocycles. The first-order valence-corrected chi connectivity index (χ1v) is 16.2. The van der Waals surface area contributed by atoms with Crippen LogP contribution >= 0.6 is 0 Å². The fourth-order valence-electron chi connectivity index (χ4n) is 4.95. The summed E-state index contributed by atoms with van der Waals surface area (Å²) in [7, 11) is -3.48. The summed E-state index contributed by atoms with van der Waals surface area (Å²) in [6, 6.07) is 22.3. The van der Waals surface area contributed by atoms with Crippen LogP contribution in [0.3, 0.4) is 0 Å². The molecule has 226 valence electrons. The van der Waals surface area contributed by atoms with Gasteiger partial charge in [0.15, 0.2) is 6.29 Å². The highest BCUT2D eigenvalue weighted by atomic mass is 32.2. The van der Waals surface area contributed by atoms with Crippen molar-refractivity contribution < 1.29 is 27.4 Å². The van der Waals surface area contributed by atoms with Crippen molar-refractivity contribution >= 4 is 32.5 Å². The fraction of sp³-hybridized carbons (Fsp3) is 0.312. The van der Waals surface area contributed by atoms with Crippen molar-refractivity contribution in [3.8, 4) is 28.1 Å². The first-order valence-electron chi connectivity index (χ1n) is 14.3. The van der Waals surface area contributed by atoms with E-state index in [0.29, 0.717) is 41.1 Å². The van der Waals surface area contributed by atoms with Crippen LogP contribution in [0.2, 0.25) is 0 Å². The normalized spacial score (nSPS) is 15.3. The van der Waals surface area contributed by atoms with Crippen LogP contribution in [0.25, 0.3) is 33.3 Å². The lowest BCUT2D eigenvalue weighted by Crippen LogP contribution is -2.30. The quantitative estimate of drug-likeness (QED) is 0.0862. The molecule has 43 heavy (non-hydrogen) atoms. The number of rotatable bonds is 12. The minimum absolute atomic E-state index is 0.0466. The van der Waals surface area contributed by atoms with E-state index in [2.05, 4.69) is 10.1 Å². The molecule has 1 saturated heterocycles. The molecule has 1 aliphatic rings. The van der Waals surface area contributed by atoms with Crippen molar-refractivity contribution in [3.05, 3.63) is 78.4 Å². The van der Waals surface area contributed by atoms with E-state index in [1.165, 1.54) is 6.42 Å². The Morgan fingerprint density at radius 3 is 2.33 bits per heavy atom. The van der Waals surface area contributed by atoms with Gasteiger partial charge < -0.3 is 14.2 Å². The summed E-state index contributed by atoms with van der Waals surface area (Å²) in [5.41, 5.74) is 6.69. The lowest BCUT2D eigenvalue weighted by atomic mass is 10.00. The minimum atomic E-state index is -3.48. The molecule has 0 spiro atoms. The standard InChI is InChI=1S/C32H36N4O6S/c1-43(38,39)36-25-13-16-27-28(32(37)35-33)21-29(34-30(27)20-25)24-9-7-22(8-10-24)23-11-14-26(15-12-23)40-17-4-5-19-42-31-6-2-3-18-41-31/h7-16,20-21,31,36H,2-6,17-19,33H2,1H3,(H,35,37). The molecule has 5 rings (SSSR count). The second-order valence-corrected chi connectivity index (χ2v) is 12.2. The Bertz CT molecular complexity index is 1650. The van der Waals surface area contributed by atoms with Crippen LogP contribution in [-0.2, 0) is 19.5 Å². The lowest BCUT2D eigenvalue weighted by molar-refractivity contribution is -0.162. The number of carbonyl (C=O) groups excluding carboxylic acids is 1. The number of carbonyl (C=O) groups is 1. The molecule has 1 amide bonds. The number of amides is 1. The number of nitrogen functional groups attached to an aromatic ring is 1. The summed E-state index contributed by atoms with van der Waals surface area (Å²) in [6.07, 6.45) is 6.12. The van der Waals surface area contributed by atoms with Gasteiger partial charge in [0.25, 0.3) is 5.91 Å². The molecular weight excluding hydrogens is 568 g/mol. The SMILES string of the molecule is CS(=O)(=O)Nc1ccc2c(C(=O)NN)cc(-c3ccc(-c4ccc(OCCCCOC5CCCCO5)cc4)cc3)nc2c1. The van der Waals surface area contributed by atoms with E-state index in [4.69, 9.17) is 25.0 Å². The van der Waals surface area contributed by atoms with Gasteiger partial charge in [-0.3, -0.25) is 14.9 Å². The molecule has 0 bridgehead atoms. The number of nitrogens with one attached hydrogen (secondary N) is 2. The first-order chi connectivity index (χ1) is 20.8. The average Bonchev–Trinajstić information content (AvgIpc) is 3.02. The van der Waals surface area contributed by atoms with Gasteiger partial charge in [0.2, 0.25) is 10.0 Å². The number of pyridine rings is 1. The molecular formula is C32H36N4O6S. The van der Waals surface area contributed by atoms with Gasteiger partial charge in [-0.25, -0.2) is 19.2 Å². The summed E-state index contributed by atoms with van der Waals surface area (Å²) in [6.45, 7) is 2.10. The minimum Gasteiger partial charge on any atom is -0.494 e. The Morgan fingerprint density at radius 2 is 1.65 bits per heavy atom. The van der Waals surface area contributed by atoms with Gasteiger partial charge in [-0.15, -0.1) is 0 Å². The number of sulfonamides is 1. The van der Waals surface area contributed by atoms with Crippen LogP contribution < -0.4 is 20.7 Å². The van der Waals surface area contributed by atoms with Gasteiger partial charge in [0.05, 0.1) is 35.3 Å². The molecule has 1 aromatic heterocycles. The van der Waals surface area contributed by atoms with Crippen LogP contribution in [0.1, 0.15) is 42.5 Å². The number of nitrogens with two attached hydrogens (primary N) is 1. The Morgan fingerprint density at radius 1 is 0.953 bits per heavy atom. The number of nitrogens with zero attached hydrogens (tertiary/aromatic N) is 1. The number of hydrazine groups is 1. The number of benzene rings is 3. The number of aromatic nitrogens is 1. The van der Waals surface area contributed by atoms with Crippen LogP contribution in [0, 0.1) is 0 Å². The van der Waals surface area contributed by atoms with E-state index in [9.17, 15) is 13.2 Å². The predicted octanol–water partition coefficient (Wildman–Crippen LogP) is 5.25. The smallest absolute Gasteiger partial charge is 0.265 e. The summed E-state index contributed by atoms with van der Waals surface area (Å²) in [5, 5.41) is 0.548. The van der Waals surface area contributed by atoms with Gasteiger partial charge in [-0.05, 0) is 79.6 Å². The Hall–Kier alpha value is -4.03. The van der Waals surface area contributed by atoms with Gasteiger partial charge in [0, 0.05) is 24.2 Å². The Balaban J connectivity index is 1.23. The average molecular weight is 605 g/mol. The van der Waals surface area contributed by atoms with Crippen molar-refractivity contribution in [2.24, 2.45) is 5.84 Å². The number of fused-ring (bicyclic) bond motifs is 1. The molecule has 4 N–H and O–H groups in total. The highest BCUT2D eigenvalue weighted by Gasteiger charge is 2.15. The monoisotopic (exact) mass is 604 g/mol. The van der Waals surface area contributed by atoms with Crippen LogP contribution in [0.4, 0.5) is 5.69 Å². The molecule has 10 nitrogen and oxygen atoms in total. The third kappa shape index (κ3) is 8.29. The molecule has 1 atom stereocenters. The van der Waals surface area contributed by atoms with Gasteiger partial charge >= 0.3 is 0 Å². The third-order valence-electron chi connectivity index (χ3n) is 7.11. The van der Waals surface area contributed by atoms with Gasteiger partial charge in [-0.2, -0.15) is 0 Å². The Labute approximate surface area is 251 Å². The summed E-state index contributed by atoms with van der Waals surface area (Å²) < 4.78 is 43.1. The maximum atomic E-state index is 12.6. The zero-order valence-corrected chi connectivity index (χ0v) is 24.9. The lowest BCUT2D eigenvalue weighted by Gasteiger charge is -2.22. The number of hydrogen-bond acceptors (Lipinski definition) is 8. The van der Waals surface area contributed by atoms with E-state index in [1.807, 2.05) is 48.5 Å². The van der Waals surface area contributed by atoms with Crippen molar-refractivity contribution in [3.63, 3.8) is 0 Å². The first kappa shape index (κ1) is 30.4. The summed E-state index contributed by atoms with van der Waals surface area (Å²) >= 11 is 0. The third-order valence-corrected chi connectivity index (χ3v) is 7.71. The van der Waals surface area contributed by atoms with Crippen LogP contribution in [0.15, 0.2) is 72.8 Å².